The second kappa shape index (κ2) is 7.02. The number of nitrogens with zero attached hydrogens (tertiary/aromatic N) is 9. The third-order valence-electron chi connectivity index (χ3n) is 24.8. The maximum Gasteiger partial charge on any atom is 0.518 e. The molecule has 10 heterocycles. The summed E-state index contributed by atoms with van der Waals surface area (Å²) in [6.45, 7) is 45.6. The molecule has 10 aliphatic heterocycles. The topological polar surface area (TPSA) is 0 Å². The molecule has 276 valence electrons. The standard InChI is InChI=1S/C17H36N4.C13H28N3.C9H20N2/c1-13(2)18(9)14(3,4)20(11)16(7,8)21(12)15(5,6)19(13,10)17(18,20)21;1-11(2)14(7)10-15(11,8)13(5,6)16(10,9)12(14,3)4;1-8(2)10(5)7-11(8,6)9(10,3)4/h1-12H3;10H,1-9H3;7H2,1-6H3/q+4;+3;+2. The van der Waals surface area contributed by atoms with E-state index in [1.807, 2.05) is 0 Å². The minimum atomic E-state index is 0.263. The summed E-state index contributed by atoms with van der Waals surface area (Å²) in [4.78, 5) is 0. The molecule has 10 saturated heterocycles. The Kier molecular flexibility index (Phi) is 5.27. The summed E-state index contributed by atoms with van der Waals surface area (Å²) < 4.78 is 11.0. The van der Waals surface area contributed by atoms with Crippen LogP contribution in [0, 0.1) is 0 Å². The van der Waals surface area contributed by atoms with Gasteiger partial charge >= 0.3 is 12.2 Å². The lowest BCUT2D eigenvalue weighted by atomic mass is 9.55. The van der Waals surface area contributed by atoms with E-state index in [4.69, 9.17) is 0 Å². The Morgan fingerprint density at radius 1 is 0.292 bits per heavy atom. The monoisotopic (exact) mass is 679 g/mol. The van der Waals surface area contributed by atoms with Crippen LogP contribution in [0.5, 0.6) is 0 Å². The van der Waals surface area contributed by atoms with Gasteiger partial charge in [-0.05, 0) is 0 Å². The molecule has 9 heteroatoms. The fraction of sp³-hybridized carbons (Fsp3) is 1.00. The SMILES string of the molecule is CC1(C)[N+]2(C)C(C)(C)[N+]3(C)C(C)(C)[N+]4(C)C(C)(C)[N+]1(C)C234.CC1(C)[N+]2(C)C3[N+]1(C)C(C)(C)[N+]3(C)C2(C)C.CC1(C)[N+]2(C)C[N+]1(C)C2(C)C. The summed E-state index contributed by atoms with van der Waals surface area (Å²) in [7, 11) is 22.2. The van der Waals surface area contributed by atoms with Gasteiger partial charge in [-0.1, -0.05) is 17.9 Å². The highest BCUT2D eigenvalue weighted by Gasteiger charge is 3.32. The molecule has 0 aliphatic carbocycles. The van der Waals surface area contributed by atoms with E-state index in [2.05, 4.69) is 188 Å². The molecule has 0 radical (unpaired) electrons. The van der Waals surface area contributed by atoms with Crippen molar-refractivity contribution in [1.82, 2.24) is 0 Å². The largest absolute Gasteiger partial charge is 0.518 e. The molecule has 10 aliphatic rings. The lowest BCUT2D eigenvalue weighted by Gasteiger charge is -3.03. The van der Waals surface area contributed by atoms with E-state index < -0.39 is 0 Å². The van der Waals surface area contributed by atoms with Crippen molar-refractivity contribution in [2.24, 2.45) is 0 Å². The number of quaternary nitrogens is 9. The third kappa shape index (κ3) is 1.85. The van der Waals surface area contributed by atoms with Crippen LogP contribution in [0.25, 0.3) is 0 Å². The molecule has 0 aromatic rings. The van der Waals surface area contributed by atoms with Gasteiger partial charge in [-0.15, -0.1) is 13.4 Å². The minimum Gasteiger partial charge on any atom is -0.179 e. The summed E-state index contributed by atoms with van der Waals surface area (Å²) in [6.07, 6.45) is 0.764. The first-order valence-electron chi connectivity index (χ1n) is 19.4. The molecule has 2 bridgehead atoms. The van der Waals surface area contributed by atoms with Crippen molar-refractivity contribution < 1.29 is 40.3 Å². The van der Waals surface area contributed by atoms with Gasteiger partial charge in [0.1, 0.15) is 0 Å². The van der Waals surface area contributed by atoms with Crippen LogP contribution in [-0.2, 0) is 0 Å². The van der Waals surface area contributed by atoms with E-state index >= 15 is 0 Å². The zero-order valence-electron chi connectivity index (χ0n) is 37.3. The Morgan fingerprint density at radius 2 is 0.479 bits per heavy atom. The van der Waals surface area contributed by atoms with Crippen LogP contribution in [0.2, 0.25) is 0 Å². The van der Waals surface area contributed by atoms with Crippen LogP contribution < -0.4 is 0 Å². The maximum absolute atomic E-state index is 2.53. The Balaban J connectivity index is 0.000000120. The highest BCUT2D eigenvalue weighted by molar-refractivity contribution is 5.06. The number of rotatable bonds is 0. The molecule has 48 heavy (non-hydrogen) atoms. The van der Waals surface area contributed by atoms with Crippen molar-refractivity contribution in [3.05, 3.63) is 0 Å². The van der Waals surface area contributed by atoms with E-state index in [-0.39, 0.29) is 22.7 Å². The first-order valence-corrected chi connectivity index (χ1v) is 19.4. The Bertz CT molecular complexity index is 1350. The van der Waals surface area contributed by atoms with Crippen molar-refractivity contribution in [2.75, 3.05) is 70.1 Å². The molecule has 0 N–H and O–H groups in total. The summed E-state index contributed by atoms with van der Waals surface area (Å²) >= 11 is 0. The molecule has 0 amide bonds. The van der Waals surface area contributed by atoms with Crippen LogP contribution in [0.15, 0.2) is 0 Å². The maximum atomic E-state index is 2.53. The van der Waals surface area contributed by atoms with Gasteiger partial charge in [0.25, 0.3) is 22.7 Å². The summed E-state index contributed by atoms with van der Waals surface area (Å²) in [5.74, 6) is 0.292. The molecule has 0 atom stereocenters. The quantitative estimate of drug-likeness (QED) is 0.294. The van der Waals surface area contributed by atoms with Crippen LogP contribution in [0.3, 0.4) is 0 Å². The molecule has 0 saturated carbocycles. The zero-order valence-corrected chi connectivity index (χ0v) is 37.3. The highest BCUT2D eigenvalue weighted by Crippen LogP contribution is 2.94. The Morgan fingerprint density at radius 3 is 0.625 bits per heavy atom. The average Bonchev–Trinajstić information content (AvgIpc) is 2.95. The van der Waals surface area contributed by atoms with E-state index in [1.165, 1.54) is 47.0 Å². The van der Waals surface area contributed by atoms with Gasteiger partial charge in [-0.3, -0.25) is 0 Å². The highest BCUT2D eigenvalue weighted by atomic mass is 16.3. The van der Waals surface area contributed by atoms with E-state index in [1.54, 1.807) is 0 Å². The van der Waals surface area contributed by atoms with Gasteiger partial charge < -0.3 is 0 Å². The van der Waals surface area contributed by atoms with Crippen molar-refractivity contribution >= 4 is 0 Å². The summed E-state index contributed by atoms with van der Waals surface area (Å²) in [5.41, 5.74) is 3.00. The van der Waals surface area contributed by atoms with Gasteiger partial charge in [0.2, 0.25) is 35.0 Å². The molecule has 0 unspecified atom stereocenters. The van der Waals surface area contributed by atoms with Crippen LogP contribution >= 0.6 is 0 Å². The van der Waals surface area contributed by atoms with Crippen molar-refractivity contribution in [3.8, 4) is 0 Å². The molecule has 1 spiro atoms. The first kappa shape index (κ1) is 36.0. The molecular formula is C39H84N9+9. The molecule has 0 aromatic heterocycles. The van der Waals surface area contributed by atoms with E-state index in [0.29, 0.717) is 34.2 Å². The smallest absolute Gasteiger partial charge is 0.179 e. The molecule has 9 nitrogen and oxygen atoms in total. The van der Waals surface area contributed by atoms with Crippen LogP contribution in [0.1, 0.15) is 125 Å². The Labute approximate surface area is 297 Å². The summed E-state index contributed by atoms with van der Waals surface area (Å²) in [6, 6.07) is 0. The van der Waals surface area contributed by atoms with Gasteiger partial charge in [-0.25, -0.2) is 0 Å². The average molecular weight is 679 g/mol. The van der Waals surface area contributed by atoms with Gasteiger partial charge in [0.05, 0.1) is 63.4 Å². The lowest BCUT2D eigenvalue weighted by Crippen LogP contribution is -3.41. The predicted octanol–water partition coefficient (Wildman–Crippen LogP) is 5.58. The summed E-state index contributed by atoms with van der Waals surface area (Å²) in [5, 5.41) is 0. The molecule has 0 aromatic carbocycles. The second-order valence-electron chi connectivity index (χ2n) is 24.2. The van der Waals surface area contributed by atoms with Crippen molar-refractivity contribution in [2.45, 2.75) is 188 Å². The predicted molar refractivity (Wildman–Crippen MR) is 194 cm³/mol. The number of hydrogen-bond donors (Lipinski definition) is 0. The number of hydrogen-bond acceptors (Lipinski definition) is 0. The second-order valence-corrected chi connectivity index (χ2v) is 24.2. The Hall–Kier alpha value is -0.360. The molecule has 10 fully saturated rings. The minimum absolute atomic E-state index is 0.263. The van der Waals surface area contributed by atoms with E-state index in [9.17, 15) is 0 Å². The molecular weight excluding hydrogens is 594 g/mol. The van der Waals surface area contributed by atoms with E-state index in [0.717, 1.165) is 6.29 Å². The van der Waals surface area contributed by atoms with Gasteiger partial charge in [-0.2, -0.15) is 8.97 Å². The first-order chi connectivity index (χ1) is 20.6. The van der Waals surface area contributed by atoms with Crippen molar-refractivity contribution in [1.29, 1.82) is 0 Å². The van der Waals surface area contributed by atoms with Gasteiger partial charge in [0.15, 0.2) is 0 Å². The fourth-order valence-corrected chi connectivity index (χ4v) is 19.0. The lowest BCUT2D eigenvalue weighted by molar-refractivity contribution is -1.81. The van der Waals surface area contributed by atoms with Gasteiger partial charge in [0, 0.05) is 125 Å². The zero-order chi connectivity index (χ0) is 37.8. The van der Waals surface area contributed by atoms with Crippen molar-refractivity contribution in [3.63, 3.8) is 0 Å². The molecule has 10 rings (SSSR count). The van der Waals surface area contributed by atoms with Crippen LogP contribution in [-0.4, -0.2) is 174 Å². The van der Waals surface area contributed by atoms with Crippen LogP contribution in [0.4, 0.5) is 0 Å². The fourth-order valence-electron chi connectivity index (χ4n) is 19.0. The normalized spacial score (nSPS) is 62.4. The third-order valence-corrected chi connectivity index (χ3v) is 24.8.